The minimum absolute atomic E-state index is 0.189. The molecule has 0 unspecified atom stereocenters. The molecule has 0 bridgehead atoms. The number of hydrogen-bond donors (Lipinski definition) is 2. The summed E-state index contributed by atoms with van der Waals surface area (Å²) < 4.78 is 16.1. The summed E-state index contributed by atoms with van der Waals surface area (Å²) in [6.07, 6.45) is 2.59. The van der Waals surface area contributed by atoms with E-state index in [0.29, 0.717) is 18.7 Å². The lowest BCUT2D eigenvalue weighted by molar-refractivity contribution is 0.492. The molecule has 0 aliphatic heterocycles. The molecule has 1 heterocycles. The van der Waals surface area contributed by atoms with Crippen molar-refractivity contribution in [2.24, 2.45) is 4.99 Å². The summed E-state index contributed by atoms with van der Waals surface area (Å²) in [6.45, 7) is 10.8. The summed E-state index contributed by atoms with van der Waals surface area (Å²) in [7, 11) is 0. The number of halogens is 1. The van der Waals surface area contributed by atoms with E-state index in [0.717, 1.165) is 31.3 Å². The number of nitrogens with zero attached hydrogens (tertiary/aromatic N) is 4. The lowest BCUT2D eigenvalue weighted by Crippen LogP contribution is -2.40. The molecule has 0 aliphatic carbocycles. The van der Waals surface area contributed by atoms with Crippen LogP contribution in [0.4, 0.5) is 4.39 Å². The molecule has 0 spiro atoms. The van der Waals surface area contributed by atoms with Crippen LogP contribution in [0.3, 0.4) is 0 Å². The Morgan fingerprint density at radius 1 is 1.23 bits per heavy atom. The third kappa shape index (κ3) is 5.28. The number of aromatic nitrogens is 3. The first-order chi connectivity index (χ1) is 12.5. The van der Waals surface area contributed by atoms with Crippen molar-refractivity contribution in [2.75, 3.05) is 19.6 Å². The van der Waals surface area contributed by atoms with Crippen LogP contribution in [-0.2, 0) is 18.4 Å². The van der Waals surface area contributed by atoms with Gasteiger partial charge in [0.2, 0.25) is 0 Å². The van der Waals surface area contributed by atoms with Crippen LogP contribution < -0.4 is 10.6 Å². The molecule has 2 aromatic rings. The van der Waals surface area contributed by atoms with Gasteiger partial charge in [-0.1, -0.05) is 39.0 Å². The number of nitrogens with one attached hydrogen (secondary N) is 2. The molecule has 142 valence electrons. The number of rotatable bonds is 8. The Morgan fingerprint density at radius 3 is 2.69 bits per heavy atom. The third-order valence-corrected chi connectivity index (χ3v) is 4.24. The van der Waals surface area contributed by atoms with Gasteiger partial charge in [0.05, 0.1) is 6.54 Å². The van der Waals surface area contributed by atoms with Gasteiger partial charge in [-0.15, -0.1) is 10.2 Å². The average Bonchev–Trinajstić information content (AvgIpc) is 3.07. The Bertz CT molecular complexity index is 722. The minimum atomic E-state index is -0.392. The SMILES string of the molecule is CCNC(=NCC(C)(C)c1ccccc1F)NCCn1cnnc1CC. The van der Waals surface area contributed by atoms with Crippen molar-refractivity contribution in [3.05, 3.63) is 47.8 Å². The Labute approximate surface area is 154 Å². The maximum Gasteiger partial charge on any atom is 0.191 e. The molecule has 0 saturated heterocycles. The maximum absolute atomic E-state index is 14.1. The fourth-order valence-corrected chi connectivity index (χ4v) is 2.75. The van der Waals surface area contributed by atoms with Crippen molar-refractivity contribution in [3.63, 3.8) is 0 Å². The molecule has 1 aromatic carbocycles. The zero-order chi connectivity index (χ0) is 19.0. The zero-order valence-corrected chi connectivity index (χ0v) is 16.1. The van der Waals surface area contributed by atoms with E-state index in [1.807, 2.05) is 37.5 Å². The molecule has 7 heteroatoms. The van der Waals surface area contributed by atoms with Gasteiger partial charge in [0.15, 0.2) is 5.96 Å². The molecule has 0 fully saturated rings. The summed E-state index contributed by atoms with van der Waals surface area (Å²) in [5.74, 6) is 1.50. The smallest absolute Gasteiger partial charge is 0.191 e. The molecule has 0 atom stereocenters. The van der Waals surface area contributed by atoms with E-state index in [-0.39, 0.29) is 5.82 Å². The zero-order valence-electron chi connectivity index (χ0n) is 16.1. The molecule has 2 rings (SSSR count). The van der Waals surface area contributed by atoms with Crippen LogP contribution in [-0.4, -0.2) is 40.4 Å². The second-order valence-electron chi connectivity index (χ2n) is 6.78. The molecule has 2 N–H and O–H groups in total. The van der Waals surface area contributed by atoms with Crippen molar-refractivity contribution in [1.82, 2.24) is 25.4 Å². The van der Waals surface area contributed by atoms with Crippen LogP contribution in [0.1, 0.15) is 39.1 Å². The van der Waals surface area contributed by atoms with Crippen molar-refractivity contribution in [1.29, 1.82) is 0 Å². The first kappa shape index (κ1) is 19.9. The first-order valence-corrected chi connectivity index (χ1v) is 9.11. The van der Waals surface area contributed by atoms with E-state index in [4.69, 9.17) is 0 Å². The van der Waals surface area contributed by atoms with Crippen molar-refractivity contribution < 1.29 is 4.39 Å². The van der Waals surface area contributed by atoms with Crippen molar-refractivity contribution >= 4 is 5.96 Å². The lowest BCUT2D eigenvalue weighted by atomic mass is 9.84. The van der Waals surface area contributed by atoms with Crippen LogP contribution in [0.15, 0.2) is 35.6 Å². The maximum atomic E-state index is 14.1. The van der Waals surface area contributed by atoms with Gasteiger partial charge in [0, 0.05) is 31.5 Å². The highest BCUT2D eigenvalue weighted by Crippen LogP contribution is 2.25. The topological polar surface area (TPSA) is 67.1 Å². The van der Waals surface area contributed by atoms with Gasteiger partial charge in [-0.2, -0.15) is 0 Å². The summed E-state index contributed by atoms with van der Waals surface area (Å²) in [6, 6.07) is 6.88. The number of aliphatic imine (C=N–C) groups is 1. The molecule has 0 saturated carbocycles. The van der Waals surface area contributed by atoms with Gasteiger partial charge in [0.1, 0.15) is 18.0 Å². The lowest BCUT2D eigenvalue weighted by Gasteiger charge is -2.24. The second-order valence-corrected chi connectivity index (χ2v) is 6.78. The van der Waals surface area contributed by atoms with E-state index < -0.39 is 5.41 Å². The second kappa shape index (κ2) is 9.31. The third-order valence-electron chi connectivity index (χ3n) is 4.24. The van der Waals surface area contributed by atoms with E-state index in [9.17, 15) is 4.39 Å². The highest BCUT2D eigenvalue weighted by atomic mass is 19.1. The predicted molar refractivity (Wildman–Crippen MR) is 103 cm³/mol. The van der Waals surface area contributed by atoms with E-state index in [2.05, 4.69) is 32.7 Å². The summed E-state index contributed by atoms with van der Waals surface area (Å²) in [5.41, 5.74) is 0.286. The summed E-state index contributed by atoms with van der Waals surface area (Å²) in [5, 5.41) is 14.6. The highest BCUT2D eigenvalue weighted by Gasteiger charge is 2.23. The number of guanidine groups is 1. The van der Waals surface area contributed by atoms with E-state index >= 15 is 0 Å². The molecule has 26 heavy (non-hydrogen) atoms. The Kier molecular flexibility index (Phi) is 7.12. The average molecular weight is 360 g/mol. The Hall–Kier alpha value is -2.44. The minimum Gasteiger partial charge on any atom is -0.357 e. The van der Waals surface area contributed by atoms with Gasteiger partial charge in [-0.05, 0) is 18.6 Å². The number of benzene rings is 1. The Morgan fingerprint density at radius 2 is 2.00 bits per heavy atom. The standard InChI is InChI=1S/C19H29FN6/c1-5-17-25-24-14-26(17)12-11-22-18(21-6-2)23-13-19(3,4)15-9-7-8-10-16(15)20/h7-10,14H,5-6,11-13H2,1-4H3,(H2,21,22,23). The van der Waals surface area contributed by atoms with Crippen LogP contribution >= 0.6 is 0 Å². The summed E-state index contributed by atoms with van der Waals surface area (Å²) in [4.78, 5) is 4.65. The monoisotopic (exact) mass is 360 g/mol. The van der Waals surface area contributed by atoms with Gasteiger partial charge in [0.25, 0.3) is 0 Å². The Balaban J connectivity index is 1.98. The molecule has 6 nitrogen and oxygen atoms in total. The van der Waals surface area contributed by atoms with E-state index in [1.54, 1.807) is 12.4 Å². The molecular weight excluding hydrogens is 331 g/mol. The highest BCUT2D eigenvalue weighted by molar-refractivity contribution is 5.79. The normalized spacial score (nSPS) is 12.3. The summed E-state index contributed by atoms with van der Waals surface area (Å²) >= 11 is 0. The van der Waals surface area contributed by atoms with Gasteiger partial charge < -0.3 is 15.2 Å². The van der Waals surface area contributed by atoms with Crippen molar-refractivity contribution in [3.8, 4) is 0 Å². The molecule has 0 radical (unpaired) electrons. The molecular formula is C19H29FN6. The fourth-order valence-electron chi connectivity index (χ4n) is 2.75. The number of aryl methyl sites for hydroxylation is 1. The van der Waals surface area contributed by atoms with Crippen LogP contribution in [0.5, 0.6) is 0 Å². The number of hydrogen-bond acceptors (Lipinski definition) is 3. The van der Waals surface area contributed by atoms with Crippen LogP contribution in [0, 0.1) is 5.82 Å². The predicted octanol–water partition coefficient (Wildman–Crippen LogP) is 2.51. The molecule has 1 aromatic heterocycles. The quantitative estimate of drug-likeness (QED) is 0.561. The van der Waals surface area contributed by atoms with Gasteiger partial charge in [-0.3, -0.25) is 4.99 Å². The van der Waals surface area contributed by atoms with Crippen LogP contribution in [0.25, 0.3) is 0 Å². The molecule has 0 amide bonds. The van der Waals surface area contributed by atoms with E-state index in [1.165, 1.54) is 6.07 Å². The first-order valence-electron chi connectivity index (χ1n) is 9.11. The van der Waals surface area contributed by atoms with Gasteiger partial charge in [-0.25, -0.2) is 4.39 Å². The van der Waals surface area contributed by atoms with Crippen LogP contribution in [0.2, 0.25) is 0 Å². The van der Waals surface area contributed by atoms with Gasteiger partial charge >= 0.3 is 0 Å². The molecule has 0 aliphatic rings. The fraction of sp³-hybridized carbons (Fsp3) is 0.526. The van der Waals surface area contributed by atoms with Crippen molar-refractivity contribution in [2.45, 2.75) is 46.1 Å². The largest absolute Gasteiger partial charge is 0.357 e.